The fourth-order valence-corrected chi connectivity index (χ4v) is 4.03. The van der Waals surface area contributed by atoms with E-state index in [0.29, 0.717) is 6.54 Å². The molecule has 0 spiro atoms. The second kappa shape index (κ2) is 6.03. The zero-order valence-electron chi connectivity index (χ0n) is 11.5. The summed E-state index contributed by atoms with van der Waals surface area (Å²) in [6.45, 7) is 0.339. The zero-order valence-corrected chi connectivity index (χ0v) is 12.3. The van der Waals surface area contributed by atoms with E-state index in [-0.39, 0.29) is 23.8 Å². The van der Waals surface area contributed by atoms with Crippen LogP contribution in [-0.2, 0) is 4.79 Å². The molecule has 6 nitrogen and oxygen atoms in total. The monoisotopic (exact) mass is 307 g/mol. The van der Waals surface area contributed by atoms with Crippen LogP contribution in [0.3, 0.4) is 0 Å². The van der Waals surface area contributed by atoms with Crippen LogP contribution in [0.2, 0.25) is 0 Å². The van der Waals surface area contributed by atoms with E-state index < -0.39 is 4.92 Å². The number of nitro groups is 1. The molecular weight excluding hydrogens is 290 g/mol. The Morgan fingerprint density at radius 3 is 2.52 bits per heavy atom. The summed E-state index contributed by atoms with van der Waals surface area (Å²) in [6, 6.07) is 6.73. The lowest BCUT2D eigenvalue weighted by Crippen LogP contribution is -2.41. The molecule has 2 aliphatic heterocycles. The van der Waals surface area contributed by atoms with Crippen LogP contribution in [0.15, 0.2) is 24.3 Å². The number of nitro benzene ring substituents is 1. The van der Waals surface area contributed by atoms with Crippen molar-refractivity contribution in [2.75, 3.05) is 18.1 Å². The van der Waals surface area contributed by atoms with Crippen LogP contribution < -0.4 is 5.32 Å². The Morgan fingerprint density at radius 2 is 1.90 bits per heavy atom. The minimum Gasteiger partial charge on any atom is -0.319 e. The summed E-state index contributed by atoms with van der Waals surface area (Å²) in [5.74, 6) is 2.29. The van der Waals surface area contributed by atoms with Gasteiger partial charge >= 0.3 is 0 Å². The number of carbonyl (C=O) groups is 1. The summed E-state index contributed by atoms with van der Waals surface area (Å²) in [7, 11) is 0. The Bertz CT molecular complexity index is 543. The normalized spacial score (nSPS) is 23.5. The van der Waals surface area contributed by atoms with Crippen molar-refractivity contribution in [3.05, 3.63) is 39.9 Å². The van der Waals surface area contributed by atoms with Crippen molar-refractivity contribution < 1.29 is 9.72 Å². The molecule has 112 valence electrons. The molecule has 0 radical (unpaired) electrons. The molecule has 1 aromatic carbocycles. The van der Waals surface area contributed by atoms with Crippen LogP contribution in [0, 0.1) is 10.1 Å². The van der Waals surface area contributed by atoms with Gasteiger partial charge in [-0.1, -0.05) is 0 Å². The molecule has 2 saturated heterocycles. The topological polar surface area (TPSA) is 75.5 Å². The van der Waals surface area contributed by atoms with Gasteiger partial charge in [0, 0.05) is 18.2 Å². The molecule has 0 aliphatic carbocycles. The second-order valence-corrected chi connectivity index (χ2v) is 6.50. The van der Waals surface area contributed by atoms with E-state index in [9.17, 15) is 14.9 Å². The Hall–Kier alpha value is -1.60. The van der Waals surface area contributed by atoms with Crippen LogP contribution >= 0.6 is 11.8 Å². The first-order valence-electron chi connectivity index (χ1n) is 7.03. The van der Waals surface area contributed by atoms with Gasteiger partial charge in [0.05, 0.1) is 11.5 Å². The van der Waals surface area contributed by atoms with Gasteiger partial charge in [-0.2, -0.15) is 11.8 Å². The highest BCUT2D eigenvalue weighted by Gasteiger charge is 2.37. The van der Waals surface area contributed by atoms with Crippen molar-refractivity contribution in [3.63, 3.8) is 0 Å². The van der Waals surface area contributed by atoms with Crippen LogP contribution in [0.25, 0.3) is 0 Å². The molecule has 1 amide bonds. The van der Waals surface area contributed by atoms with Crippen LogP contribution in [-0.4, -0.2) is 39.8 Å². The van der Waals surface area contributed by atoms with E-state index in [4.69, 9.17) is 0 Å². The SMILES string of the molecule is O=C1CNC(c2ccc([N+](=O)[O-])cc2)N1C1CCSCC1. The van der Waals surface area contributed by atoms with E-state index in [1.807, 2.05) is 16.7 Å². The highest BCUT2D eigenvalue weighted by molar-refractivity contribution is 7.99. The van der Waals surface area contributed by atoms with Gasteiger partial charge in [0.15, 0.2) is 0 Å². The first-order chi connectivity index (χ1) is 10.2. The molecule has 0 bridgehead atoms. The Morgan fingerprint density at radius 1 is 1.24 bits per heavy atom. The van der Waals surface area contributed by atoms with Gasteiger partial charge in [-0.25, -0.2) is 0 Å². The smallest absolute Gasteiger partial charge is 0.269 e. The van der Waals surface area contributed by atoms with E-state index in [1.54, 1.807) is 12.1 Å². The van der Waals surface area contributed by atoms with E-state index in [0.717, 1.165) is 29.9 Å². The quantitative estimate of drug-likeness (QED) is 0.682. The highest BCUT2D eigenvalue weighted by Crippen LogP contribution is 2.31. The molecule has 2 fully saturated rings. The van der Waals surface area contributed by atoms with Crippen molar-refractivity contribution in [3.8, 4) is 0 Å². The second-order valence-electron chi connectivity index (χ2n) is 5.28. The summed E-state index contributed by atoms with van der Waals surface area (Å²) in [4.78, 5) is 24.4. The standard InChI is InChI=1S/C14H17N3O3S/c18-13-9-15-14(16(13)11-5-7-21-8-6-11)10-1-3-12(4-2-10)17(19)20/h1-4,11,14-15H,5-9H2. The minimum absolute atomic E-state index is 0.0729. The summed E-state index contributed by atoms with van der Waals surface area (Å²) >= 11 is 1.93. The Labute approximate surface area is 127 Å². The molecule has 0 saturated carbocycles. The summed E-state index contributed by atoms with van der Waals surface area (Å²) in [5, 5.41) is 13.9. The number of nitrogens with zero attached hydrogens (tertiary/aromatic N) is 2. The lowest BCUT2D eigenvalue weighted by atomic mass is 10.1. The molecule has 1 atom stereocenters. The van der Waals surface area contributed by atoms with Crippen LogP contribution in [0.4, 0.5) is 5.69 Å². The lowest BCUT2D eigenvalue weighted by Gasteiger charge is -2.35. The number of amides is 1. The number of hydrogen-bond donors (Lipinski definition) is 1. The molecule has 0 aromatic heterocycles. The van der Waals surface area contributed by atoms with Gasteiger partial charge in [-0.3, -0.25) is 20.2 Å². The summed E-state index contributed by atoms with van der Waals surface area (Å²) in [5.41, 5.74) is 0.980. The third-order valence-corrected chi connectivity index (χ3v) is 5.07. The molecule has 7 heteroatoms. The number of benzene rings is 1. The van der Waals surface area contributed by atoms with Gasteiger partial charge in [0.2, 0.25) is 5.91 Å². The molecule has 1 N–H and O–H groups in total. The maximum absolute atomic E-state index is 12.2. The largest absolute Gasteiger partial charge is 0.319 e. The third kappa shape index (κ3) is 2.89. The first-order valence-corrected chi connectivity index (χ1v) is 8.19. The first kappa shape index (κ1) is 14.3. The van der Waals surface area contributed by atoms with Gasteiger partial charge < -0.3 is 4.90 Å². The van der Waals surface area contributed by atoms with Gasteiger partial charge in [0.25, 0.3) is 5.69 Å². The van der Waals surface area contributed by atoms with Crippen LogP contribution in [0.5, 0.6) is 0 Å². The number of non-ortho nitro benzene ring substituents is 1. The predicted molar refractivity (Wildman–Crippen MR) is 81.0 cm³/mol. The van der Waals surface area contributed by atoms with E-state index in [2.05, 4.69) is 5.32 Å². The van der Waals surface area contributed by atoms with Crippen molar-refractivity contribution in [1.82, 2.24) is 10.2 Å². The average Bonchev–Trinajstić information content (AvgIpc) is 2.90. The summed E-state index contributed by atoms with van der Waals surface area (Å²) in [6.07, 6.45) is 1.87. The lowest BCUT2D eigenvalue weighted by molar-refractivity contribution is -0.384. The van der Waals surface area contributed by atoms with Gasteiger partial charge in [0.1, 0.15) is 6.17 Å². The number of carbonyl (C=O) groups excluding carboxylic acids is 1. The van der Waals surface area contributed by atoms with E-state index in [1.165, 1.54) is 12.1 Å². The molecule has 2 aliphatic rings. The summed E-state index contributed by atoms with van der Waals surface area (Å²) < 4.78 is 0. The maximum atomic E-state index is 12.2. The third-order valence-electron chi connectivity index (χ3n) is 4.02. The Kier molecular flexibility index (Phi) is 4.12. The molecule has 3 rings (SSSR count). The molecule has 1 unspecified atom stereocenters. The van der Waals surface area contributed by atoms with Crippen LogP contribution in [0.1, 0.15) is 24.6 Å². The maximum Gasteiger partial charge on any atom is 0.269 e. The molecule has 1 aromatic rings. The van der Waals surface area contributed by atoms with Crippen molar-refractivity contribution in [2.45, 2.75) is 25.0 Å². The van der Waals surface area contributed by atoms with Gasteiger partial charge in [-0.15, -0.1) is 0 Å². The van der Waals surface area contributed by atoms with Gasteiger partial charge in [-0.05, 0) is 42.0 Å². The zero-order chi connectivity index (χ0) is 14.8. The number of thioether (sulfide) groups is 1. The van der Waals surface area contributed by atoms with Crippen molar-refractivity contribution in [2.24, 2.45) is 0 Å². The van der Waals surface area contributed by atoms with Crippen molar-refractivity contribution >= 4 is 23.4 Å². The predicted octanol–water partition coefficient (Wildman–Crippen LogP) is 1.92. The van der Waals surface area contributed by atoms with E-state index >= 15 is 0 Å². The highest BCUT2D eigenvalue weighted by atomic mass is 32.2. The molecule has 2 heterocycles. The fraction of sp³-hybridized carbons (Fsp3) is 0.500. The Balaban J connectivity index is 1.82. The average molecular weight is 307 g/mol. The molecule has 21 heavy (non-hydrogen) atoms. The number of nitrogens with one attached hydrogen (secondary N) is 1. The number of hydrogen-bond acceptors (Lipinski definition) is 5. The fourth-order valence-electron chi connectivity index (χ4n) is 2.95. The minimum atomic E-state index is -0.410. The number of rotatable bonds is 3. The molecular formula is C14H17N3O3S. The van der Waals surface area contributed by atoms with Crippen molar-refractivity contribution in [1.29, 1.82) is 0 Å².